The molecule has 1 aromatic rings. The van der Waals surface area contributed by atoms with Crippen LogP contribution in [0.5, 0.6) is 5.75 Å². The third-order valence-electron chi connectivity index (χ3n) is 2.42. The SMILES string of the molecule is CCCOCC(NN)c1ccc(OC)cc1F. The lowest BCUT2D eigenvalue weighted by Crippen LogP contribution is -2.32. The number of rotatable bonds is 7. The van der Waals surface area contributed by atoms with Crippen molar-refractivity contribution in [3.05, 3.63) is 29.6 Å². The van der Waals surface area contributed by atoms with Gasteiger partial charge in [0.05, 0.1) is 19.8 Å². The van der Waals surface area contributed by atoms with Crippen molar-refractivity contribution in [3.8, 4) is 5.75 Å². The number of benzene rings is 1. The minimum atomic E-state index is -0.354. The summed E-state index contributed by atoms with van der Waals surface area (Å²) in [6, 6.07) is 4.32. The highest BCUT2D eigenvalue weighted by molar-refractivity contribution is 5.30. The number of nitrogens with two attached hydrogens (primary N) is 1. The fourth-order valence-corrected chi connectivity index (χ4v) is 1.49. The second-order valence-corrected chi connectivity index (χ2v) is 3.68. The zero-order chi connectivity index (χ0) is 12.7. The minimum Gasteiger partial charge on any atom is -0.497 e. The van der Waals surface area contributed by atoms with Gasteiger partial charge in [-0.15, -0.1) is 0 Å². The van der Waals surface area contributed by atoms with Gasteiger partial charge in [-0.2, -0.15) is 0 Å². The summed E-state index contributed by atoms with van der Waals surface area (Å²) in [7, 11) is 1.50. The Labute approximate surface area is 101 Å². The maximum atomic E-state index is 13.8. The third-order valence-corrected chi connectivity index (χ3v) is 2.42. The van der Waals surface area contributed by atoms with Crippen LogP contribution in [0.2, 0.25) is 0 Å². The molecule has 4 nitrogen and oxygen atoms in total. The normalized spacial score (nSPS) is 12.5. The summed E-state index contributed by atoms with van der Waals surface area (Å²) in [6.07, 6.45) is 0.919. The minimum absolute atomic E-state index is 0.341. The Morgan fingerprint density at radius 2 is 2.24 bits per heavy atom. The number of methoxy groups -OCH3 is 1. The van der Waals surface area contributed by atoms with Crippen LogP contribution in [0.3, 0.4) is 0 Å². The first-order valence-corrected chi connectivity index (χ1v) is 5.60. The molecule has 0 bridgehead atoms. The van der Waals surface area contributed by atoms with E-state index < -0.39 is 0 Å². The van der Waals surface area contributed by atoms with Gasteiger partial charge >= 0.3 is 0 Å². The lowest BCUT2D eigenvalue weighted by atomic mass is 10.1. The van der Waals surface area contributed by atoms with Gasteiger partial charge in [-0.05, 0) is 12.5 Å². The Balaban J connectivity index is 2.73. The van der Waals surface area contributed by atoms with Gasteiger partial charge in [-0.3, -0.25) is 11.3 Å². The van der Waals surface area contributed by atoms with E-state index in [9.17, 15) is 4.39 Å². The molecule has 0 aliphatic carbocycles. The number of hydrazine groups is 1. The molecule has 0 radical (unpaired) electrons. The quantitative estimate of drug-likeness (QED) is 0.434. The zero-order valence-electron chi connectivity index (χ0n) is 10.2. The Morgan fingerprint density at radius 3 is 2.76 bits per heavy atom. The van der Waals surface area contributed by atoms with E-state index in [-0.39, 0.29) is 11.9 Å². The number of hydrogen-bond acceptors (Lipinski definition) is 4. The molecule has 0 aliphatic heterocycles. The van der Waals surface area contributed by atoms with Gasteiger partial charge in [0.2, 0.25) is 0 Å². The topological polar surface area (TPSA) is 56.5 Å². The third kappa shape index (κ3) is 3.96. The highest BCUT2D eigenvalue weighted by Gasteiger charge is 2.15. The smallest absolute Gasteiger partial charge is 0.131 e. The molecule has 3 N–H and O–H groups in total. The van der Waals surface area contributed by atoms with Gasteiger partial charge < -0.3 is 9.47 Å². The fourth-order valence-electron chi connectivity index (χ4n) is 1.49. The molecule has 1 unspecified atom stereocenters. The first-order valence-electron chi connectivity index (χ1n) is 5.60. The van der Waals surface area contributed by atoms with Crippen molar-refractivity contribution in [1.82, 2.24) is 5.43 Å². The second kappa shape index (κ2) is 7.21. The van der Waals surface area contributed by atoms with Crippen LogP contribution < -0.4 is 16.0 Å². The van der Waals surface area contributed by atoms with Crippen molar-refractivity contribution < 1.29 is 13.9 Å². The maximum absolute atomic E-state index is 13.8. The second-order valence-electron chi connectivity index (χ2n) is 3.68. The van der Waals surface area contributed by atoms with Crippen LogP contribution >= 0.6 is 0 Å². The monoisotopic (exact) mass is 242 g/mol. The predicted molar refractivity (Wildman–Crippen MR) is 64.1 cm³/mol. The number of nitrogens with one attached hydrogen (secondary N) is 1. The van der Waals surface area contributed by atoms with E-state index in [2.05, 4.69) is 5.43 Å². The van der Waals surface area contributed by atoms with Crippen LogP contribution in [0.15, 0.2) is 18.2 Å². The van der Waals surface area contributed by atoms with Crippen LogP contribution in [-0.4, -0.2) is 20.3 Å². The highest BCUT2D eigenvalue weighted by atomic mass is 19.1. The number of hydrogen-bond donors (Lipinski definition) is 2. The van der Waals surface area contributed by atoms with Gasteiger partial charge in [0, 0.05) is 18.2 Å². The van der Waals surface area contributed by atoms with E-state index in [4.69, 9.17) is 15.3 Å². The van der Waals surface area contributed by atoms with Crippen molar-refractivity contribution in [3.63, 3.8) is 0 Å². The van der Waals surface area contributed by atoms with Crippen LogP contribution in [-0.2, 0) is 4.74 Å². The summed E-state index contributed by atoms with van der Waals surface area (Å²) in [6.45, 7) is 2.99. The summed E-state index contributed by atoms with van der Waals surface area (Å²) in [4.78, 5) is 0. The first kappa shape index (κ1) is 13.9. The van der Waals surface area contributed by atoms with E-state index in [0.717, 1.165) is 6.42 Å². The van der Waals surface area contributed by atoms with Gasteiger partial charge in [0.1, 0.15) is 11.6 Å². The molecule has 0 saturated carbocycles. The van der Waals surface area contributed by atoms with Gasteiger partial charge in [-0.25, -0.2) is 4.39 Å². The standard InChI is InChI=1S/C12H19FN2O2/c1-3-6-17-8-12(15-14)10-5-4-9(16-2)7-11(10)13/h4-5,7,12,15H,3,6,8,14H2,1-2H3. The number of halogens is 1. The van der Waals surface area contributed by atoms with Gasteiger partial charge in [0.25, 0.3) is 0 Å². The van der Waals surface area contributed by atoms with Gasteiger partial charge in [0.15, 0.2) is 0 Å². The molecule has 0 fully saturated rings. The molecule has 0 amide bonds. The van der Waals surface area contributed by atoms with Crippen molar-refractivity contribution in [2.24, 2.45) is 5.84 Å². The average molecular weight is 242 g/mol. The lowest BCUT2D eigenvalue weighted by molar-refractivity contribution is 0.111. The van der Waals surface area contributed by atoms with Crippen LogP contribution in [0.4, 0.5) is 4.39 Å². The zero-order valence-corrected chi connectivity index (χ0v) is 10.2. The summed E-state index contributed by atoms with van der Waals surface area (Å²) in [5, 5.41) is 0. The van der Waals surface area contributed by atoms with E-state index in [1.54, 1.807) is 12.1 Å². The van der Waals surface area contributed by atoms with E-state index >= 15 is 0 Å². The largest absolute Gasteiger partial charge is 0.497 e. The van der Waals surface area contributed by atoms with Crippen LogP contribution in [0.1, 0.15) is 24.9 Å². The molecule has 0 aliphatic rings. The van der Waals surface area contributed by atoms with E-state index in [0.29, 0.717) is 24.5 Å². The fraction of sp³-hybridized carbons (Fsp3) is 0.500. The van der Waals surface area contributed by atoms with Gasteiger partial charge in [-0.1, -0.05) is 13.0 Å². The molecule has 5 heteroatoms. The van der Waals surface area contributed by atoms with Crippen molar-refractivity contribution in [2.45, 2.75) is 19.4 Å². The summed E-state index contributed by atoms with van der Waals surface area (Å²) >= 11 is 0. The van der Waals surface area contributed by atoms with E-state index in [1.807, 2.05) is 6.92 Å². The molecule has 0 saturated heterocycles. The van der Waals surface area contributed by atoms with E-state index in [1.165, 1.54) is 13.2 Å². The molecule has 1 aromatic carbocycles. The Kier molecular flexibility index (Phi) is 5.90. The van der Waals surface area contributed by atoms with Crippen molar-refractivity contribution >= 4 is 0 Å². The Morgan fingerprint density at radius 1 is 1.47 bits per heavy atom. The predicted octanol–water partition coefficient (Wildman–Crippen LogP) is 1.77. The number of ether oxygens (including phenoxy) is 2. The molecular weight excluding hydrogens is 223 g/mol. The first-order chi connectivity index (χ1) is 8.22. The average Bonchev–Trinajstić information content (AvgIpc) is 2.35. The van der Waals surface area contributed by atoms with Crippen molar-refractivity contribution in [1.29, 1.82) is 0 Å². The maximum Gasteiger partial charge on any atom is 0.131 e. The highest BCUT2D eigenvalue weighted by Crippen LogP contribution is 2.21. The van der Waals surface area contributed by atoms with Crippen molar-refractivity contribution in [2.75, 3.05) is 20.3 Å². The summed E-state index contributed by atoms with van der Waals surface area (Å²) in [5.74, 6) is 5.53. The molecular formula is C12H19FN2O2. The van der Waals surface area contributed by atoms with Crippen LogP contribution in [0.25, 0.3) is 0 Å². The molecule has 17 heavy (non-hydrogen) atoms. The summed E-state index contributed by atoms with van der Waals surface area (Å²) in [5.41, 5.74) is 3.03. The lowest BCUT2D eigenvalue weighted by Gasteiger charge is -2.17. The molecule has 1 atom stereocenters. The Bertz CT molecular complexity index is 347. The Hall–Kier alpha value is -1.17. The molecule has 0 heterocycles. The molecule has 0 spiro atoms. The summed E-state index contributed by atoms with van der Waals surface area (Å²) < 4.78 is 24.1. The molecule has 0 aromatic heterocycles. The van der Waals surface area contributed by atoms with Crippen LogP contribution in [0, 0.1) is 5.82 Å². The molecule has 1 rings (SSSR count). The molecule has 96 valence electrons.